The number of aromatic amines is 1. The lowest BCUT2D eigenvalue weighted by Gasteiger charge is -2.16. The number of aryl methyl sites for hydroxylation is 1. The minimum atomic E-state index is 0.765. The number of halogens is 1. The van der Waals surface area contributed by atoms with Crippen LogP contribution in [0.5, 0.6) is 0 Å². The number of H-pyrrole nitrogens is 1. The first-order valence-electron chi connectivity index (χ1n) is 6.72. The van der Waals surface area contributed by atoms with Gasteiger partial charge in [-0.2, -0.15) is 0 Å². The summed E-state index contributed by atoms with van der Waals surface area (Å²) in [7, 11) is 0. The zero-order chi connectivity index (χ0) is 13.9. The number of benzene rings is 1. The van der Waals surface area contributed by atoms with E-state index in [1.165, 1.54) is 29.0 Å². The van der Waals surface area contributed by atoms with Gasteiger partial charge in [-0.3, -0.25) is 0 Å². The van der Waals surface area contributed by atoms with E-state index in [1.54, 1.807) is 11.8 Å². The molecule has 104 valence electrons. The number of rotatable bonds is 3. The highest BCUT2D eigenvalue weighted by molar-refractivity contribution is 7.98. The molecule has 0 saturated carbocycles. The topological polar surface area (TPSA) is 28.7 Å². The van der Waals surface area contributed by atoms with Gasteiger partial charge in [0.2, 0.25) is 0 Å². The molecule has 1 aliphatic carbocycles. The van der Waals surface area contributed by atoms with Crippen molar-refractivity contribution in [2.75, 3.05) is 0 Å². The van der Waals surface area contributed by atoms with Crippen LogP contribution in [-0.4, -0.2) is 9.97 Å². The largest absolute Gasteiger partial charge is 0.346 e. The van der Waals surface area contributed by atoms with Crippen molar-refractivity contribution >= 4 is 35.6 Å². The molecule has 0 bridgehead atoms. The second-order valence-corrected chi connectivity index (χ2v) is 6.77. The Morgan fingerprint density at radius 2 is 1.95 bits per heavy atom. The Morgan fingerprint density at radius 3 is 2.75 bits per heavy atom. The van der Waals surface area contributed by atoms with E-state index >= 15 is 0 Å². The Hall–Kier alpha value is -0.840. The number of thioether (sulfide) groups is 1. The molecule has 0 aliphatic heterocycles. The molecule has 1 aromatic heterocycles. The van der Waals surface area contributed by atoms with Crippen molar-refractivity contribution in [2.24, 2.45) is 0 Å². The van der Waals surface area contributed by atoms with E-state index in [4.69, 9.17) is 23.8 Å². The molecule has 5 heteroatoms. The fourth-order valence-electron chi connectivity index (χ4n) is 2.42. The first-order valence-corrected chi connectivity index (χ1v) is 8.49. The van der Waals surface area contributed by atoms with E-state index in [9.17, 15) is 0 Å². The average Bonchev–Trinajstić information content (AvgIpc) is 2.47. The highest BCUT2D eigenvalue weighted by atomic mass is 35.5. The van der Waals surface area contributed by atoms with Gasteiger partial charge in [0.05, 0.1) is 5.75 Å². The normalized spacial score (nSPS) is 14.1. The molecule has 0 unspecified atom stereocenters. The SMILES string of the molecule is S=c1nc(CSc2ccc(Cl)cc2)[nH]c2c1CCCC2. The number of fused-ring (bicyclic) bond motifs is 1. The zero-order valence-corrected chi connectivity index (χ0v) is 13.4. The van der Waals surface area contributed by atoms with Gasteiger partial charge in [-0.05, 0) is 49.9 Å². The number of nitrogens with one attached hydrogen (secondary N) is 1. The lowest BCUT2D eigenvalue weighted by molar-refractivity contribution is 0.655. The van der Waals surface area contributed by atoms with Crippen LogP contribution in [0.2, 0.25) is 5.02 Å². The second-order valence-electron chi connectivity index (χ2n) is 4.90. The Balaban J connectivity index is 1.76. The molecule has 2 aromatic rings. The van der Waals surface area contributed by atoms with Gasteiger partial charge in [0.15, 0.2) is 0 Å². The van der Waals surface area contributed by atoms with Crippen LogP contribution < -0.4 is 0 Å². The summed E-state index contributed by atoms with van der Waals surface area (Å²) >= 11 is 13.0. The van der Waals surface area contributed by atoms with Crippen LogP contribution in [-0.2, 0) is 18.6 Å². The van der Waals surface area contributed by atoms with Gasteiger partial charge in [-0.25, -0.2) is 4.98 Å². The summed E-state index contributed by atoms with van der Waals surface area (Å²) in [6, 6.07) is 7.87. The van der Waals surface area contributed by atoms with Crippen molar-refractivity contribution in [3.63, 3.8) is 0 Å². The average molecular weight is 323 g/mol. The van der Waals surface area contributed by atoms with Crippen LogP contribution in [0.3, 0.4) is 0 Å². The zero-order valence-electron chi connectivity index (χ0n) is 11.0. The maximum absolute atomic E-state index is 5.89. The van der Waals surface area contributed by atoms with Crippen LogP contribution in [0.25, 0.3) is 0 Å². The van der Waals surface area contributed by atoms with E-state index in [1.807, 2.05) is 24.3 Å². The molecule has 2 nitrogen and oxygen atoms in total. The Morgan fingerprint density at radius 1 is 1.20 bits per heavy atom. The number of nitrogens with zero attached hydrogens (tertiary/aromatic N) is 1. The van der Waals surface area contributed by atoms with E-state index in [0.29, 0.717) is 0 Å². The molecule has 0 fully saturated rings. The minimum absolute atomic E-state index is 0.765. The molecule has 1 N–H and O–H groups in total. The fraction of sp³-hybridized carbons (Fsp3) is 0.333. The van der Waals surface area contributed by atoms with Crippen molar-refractivity contribution in [2.45, 2.75) is 36.3 Å². The van der Waals surface area contributed by atoms with Gasteiger partial charge in [-0.15, -0.1) is 11.8 Å². The van der Waals surface area contributed by atoms with Crippen LogP contribution >= 0.6 is 35.6 Å². The van der Waals surface area contributed by atoms with Gasteiger partial charge in [0.1, 0.15) is 10.5 Å². The lowest BCUT2D eigenvalue weighted by Crippen LogP contribution is -2.09. The van der Waals surface area contributed by atoms with Crippen molar-refractivity contribution in [1.29, 1.82) is 0 Å². The molecular weight excluding hydrogens is 308 g/mol. The molecule has 1 aliphatic rings. The van der Waals surface area contributed by atoms with Gasteiger partial charge < -0.3 is 4.98 Å². The van der Waals surface area contributed by atoms with Crippen LogP contribution in [0, 0.1) is 4.64 Å². The van der Waals surface area contributed by atoms with Gasteiger partial charge in [0, 0.05) is 21.2 Å². The summed E-state index contributed by atoms with van der Waals surface area (Å²) in [6.07, 6.45) is 4.64. The number of hydrogen-bond donors (Lipinski definition) is 1. The summed E-state index contributed by atoms with van der Waals surface area (Å²) < 4.78 is 0.783. The number of hydrogen-bond acceptors (Lipinski definition) is 3. The summed E-state index contributed by atoms with van der Waals surface area (Å²) in [6.45, 7) is 0. The molecule has 0 saturated heterocycles. The monoisotopic (exact) mass is 322 g/mol. The molecule has 0 atom stereocenters. The first-order chi connectivity index (χ1) is 9.72. The van der Waals surface area contributed by atoms with Crippen molar-refractivity contribution in [3.8, 4) is 0 Å². The van der Waals surface area contributed by atoms with E-state index in [0.717, 1.165) is 34.1 Å². The van der Waals surface area contributed by atoms with Crippen LogP contribution in [0.15, 0.2) is 29.2 Å². The van der Waals surface area contributed by atoms with Crippen molar-refractivity contribution in [1.82, 2.24) is 9.97 Å². The molecule has 3 rings (SSSR count). The third-order valence-corrected chi connectivity index (χ3v) is 5.06. The Labute approximate surface area is 133 Å². The lowest BCUT2D eigenvalue weighted by atomic mass is 9.97. The fourth-order valence-corrected chi connectivity index (χ4v) is 3.65. The maximum atomic E-state index is 5.89. The molecular formula is C15H15ClN2S2. The molecule has 0 spiro atoms. The Bertz CT molecular complexity index is 665. The van der Waals surface area contributed by atoms with Gasteiger partial charge >= 0.3 is 0 Å². The highest BCUT2D eigenvalue weighted by Crippen LogP contribution is 2.25. The van der Waals surface area contributed by atoms with E-state index in [-0.39, 0.29) is 0 Å². The quantitative estimate of drug-likeness (QED) is 0.639. The molecule has 0 radical (unpaired) electrons. The molecule has 1 heterocycles. The second kappa shape index (κ2) is 6.29. The predicted octanol–water partition coefficient (Wildman–Crippen LogP) is 4.96. The van der Waals surface area contributed by atoms with E-state index < -0.39 is 0 Å². The third kappa shape index (κ3) is 3.25. The highest BCUT2D eigenvalue weighted by Gasteiger charge is 2.13. The summed E-state index contributed by atoms with van der Waals surface area (Å²) in [5.74, 6) is 1.77. The molecule has 0 amide bonds. The van der Waals surface area contributed by atoms with Crippen LogP contribution in [0.4, 0.5) is 0 Å². The summed E-state index contributed by atoms with van der Waals surface area (Å²) in [5.41, 5.74) is 2.55. The van der Waals surface area contributed by atoms with Gasteiger partial charge in [0.25, 0.3) is 0 Å². The summed E-state index contributed by atoms with van der Waals surface area (Å²) in [4.78, 5) is 9.18. The summed E-state index contributed by atoms with van der Waals surface area (Å²) in [5, 5.41) is 0.765. The standard InChI is InChI=1S/C15H15ClN2S2/c16-10-5-7-11(8-6-10)20-9-14-17-13-4-2-1-3-12(13)15(19)18-14/h5-8H,1-4,9H2,(H,17,18,19). The number of aromatic nitrogens is 2. The Kier molecular flexibility index (Phi) is 4.44. The minimum Gasteiger partial charge on any atom is -0.346 e. The van der Waals surface area contributed by atoms with Gasteiger partial charge in [-0.1, -0.05) is 23.8 Å². The van der Waals surface area contributed by atoms with E-state index in [2.05, 4.69) is 9.97 Å². The third-order valence-electron chi connectivity index (χ3n) is 3.45. The first kappa shape index (κ1) is 14.1. The van der Waals surface area contributed by atoms with Crippen molar-refractivity contribution in [3.05, 3.63) is 51.0 Å². The van der Waals surface area contributed by atoms with Crippen LogP contribution in [0.1, 0.15) is 29.9 Å². The molecule has 20 heavy (non-hydrogen) atoms. The maximum Gasteiger partial charge on any atom is 0.133 e. The molecule has 1 aromatic carbocycles. The smallest absolute Gasteiger partial charge is 0.133 e. The van der Waals surface area contributed by atoms with Crippen molar-refractivity contribution < 1.29 is 0 Å². The predicted molar refractivity (Wildman–Crippen MR) is 87.1 cm³/mol.